The topological polar surface area (TPSA) is 101 Å². The molecule has 0 saturated carbocycles. The monoisotopic (exact) mass is 332 g/mol. The second kappa shape index (κ2) is 7.65. The molecule has 7 nitrogen and oxygen atoms in total. The number of aliphatic hydroxyl groups is 1. The Bertz CT molecular complexity index is 678. The molecule has 128 valence electrons. The van der Waals surface area contributed by atoms with E-state index in [1.165, 1.54) is 13.2 Å². The van der Waals surface area contributed by atoms with Crippen molar-refractivity contribution in [1.29, 1.82) is 0 Å². The highest BCUT2D eigenvalue weighted by Gasteiger charge is 2.27. The Labute approximate surface area is 139 Å². The van der Waals surface area contributed by atoms with Gasteiger partial charge in [-0.15, -0.1) is 0 Å². The lowest BCUT2D eigenvalue weighted by atomic mass is 10.0. The molecule has 2 amide bonds. The van der Waals surface area contributed by atoms with Gasteiger partial charge in [0.2, 0.25) is 0 Å². The summed E-state index contributed by atoms with van der Waals surface area (Å²) in [5, 5.41) is 15.1. The summed E-state index contributed by atoms with van der Waals surface area (Å²) in [6.45, 7) is 1.56. The molecule has 2 aromatic rings. The summed E-state index contributed by atoms with van der Waals surface area (Å²) >= 11 is 0. The molecule has 0 fully saturated rings. The van der Waals surface area contributed by atoms with Crippen LogP contribution in [0.2, 0.25) is 0 Å². The van der Waals surface area contributed by atoms with Gasteiger partial charge >= 0.3 is 11.8 Å². The highest BCUT2D eigenvalue weighted by atomic mass is 16.5. The van der Waals surface area contributed by atoms with Crippen molar-refractivity contribution in [2.75, 3.05) is 13.7 Å². The van der Waals surface area contributed by atoms with Crippen molar-refractivity contribution in [3.05, 3.63) is 54.0 Å². The molecule has 1 aromatic heterocycles. The summed E-state index contributed by atoms with van der Waals surface area (Å²) in [5.41, 5.74) is -0.561. The molecule has 0 radical (unpaired) electrons. The van der Waals surface area contributed by atoms with Gasteiger partial charge in [0.05, 0.1) is 19.9 Å². The summed E-state index contributed by atoms with van der Waals surface area (Å²) in [7, 11) is 1.57. The van der Waals surface area contributed by atoms with Crippen molar-refractivity contribution < 1.29 is 23.8 Å². The quantitative estimate of drug-likeness (QED) is 0.683. The third kappa shape index (κ3) is 4.60. The zero-order chi connectivity index (χ0) is 17.6. The van der Waals surface area contributed by atoms with Crippen LogP contribution in [0, 0.1) is 0 Å². The number of hydrogen-bond acceptors (Lipinski definition) is 5. The van der Waals surface area contributed by atoms with Crippen molar-refractivity contribution >= 4 is 11.8 Å². The van der Waals surface area contributed by atoms with Crippen LogP contribution in [-0.2, 0) is 21.7 Å². The fourth-order valence-corrected chi connectivity index (χ4v) is 2.01. The number of amides is 2. The van der Waals surface area contributed by atoms with E-state index >= 15 is 0 Å². The van der Waals surface area contributed by atoms with Crippen LogP contribution in [0.4, 0.5) is 0 Å². The first-order valence-corrected chi connectivity index (χ1v) is 7.37. The minimum absolute atomic E-state index is 0.144. The van der Waals surface area contributed by atoms with E-state index in [4.69, 9.17) is 9.15 Å². The molecule has 1 unspecified atom stereocenters. The first-order valence-electron chi connectivity index (χ1n) is 7.37. The molecule has 1 atom stereocenters. The first-order chi connectivity index (χ1) is 11.4. The Balaban J connectivity index is 1.80. The van der Waals surface area contributed by atoms with Crippen LogP contribution < -0.4 is 15.4 Å². The second-order valence-corrected chi connectivity index (χ2v) is 5.46. The molecule has 0 aliphatic heterocycles. The van der Waals surface area contributed by atoms with Gasteiger partial charge in [-0.25, -0.2) is 0 Å². The van der Waals surface area contributed by atoms with Crippen molar-refractivity contribution in [3.8, 4) is 5.75 Å². The van der Waals surface area contributed by atoms with Gasteiger partial charge in [0.25, 0.3) is 0 Å². The van der Waals surface area contributed by atoms with E-state index in [1.807, 2.05) is 0 Å². The van der Waals surface area contributed by atoms with Gasteiger partial charge < -0.3 is 24.9 Å². The van der Waals surface area contributed by atoms with Crippen LogP contribution in [0.15, 0.2) is 47.1 Å². The standard InChI is InChI=1S/C17H20N2O5/c1-17(22,14-4-3-9-24-14)11-19-16(21)15(20)18-10-12-5-7-13(23-2)8-6-12/h3-9,22H,10-11H2,1-2H3,(H,18,20)(H,19,21). The number of hydrogen-bond donors (Lipinski definition) is 3. The van der Waals surface area contributed by atoms with E-state index in [9.17, 15) is 14.7 Å². The minimum Gasteiger partial charge on any atom is -0.497 e. The molecule has 3 N–H and O–H groups in total. The zero-order valence-corrected chi connectivity index (χ0v) is 13.5. The molecule has 1 aromatic carbocycles. The first kappa shape index (κ1) is 17.6. The molecule has 7 heteroatoms. The van der Waals surface area contributed by atoms with Crippen LogP contribution in [-0.4, -0.2) is 30.6 Å². The van der Waals surface area contributed by atoms with Gasteiger partial charge in [-0.1, -0.05) is 12.1 Å². The zero-order valence-electron chi connectivity index (χ0n) is 13.5. The maximum absolute atomic E-state index is 11.8. The van der Waals surface area contributed by atoms with E-state index in [-0.39, 0.29) is 13.1 Å². The Morgan fingerprint density at radius 3 is 2.42 bits per heavy atom. The summed E-state index contributed by atoms with van der Waals surface area (Å²) in [6, 6.07) is 10.3. The van der Waals surface area contributed by atoms with Crippen molar-refractivity contribution in [2.45, 2.75) is 19.1 Å². The number of nitrogens with one attached hydrogen (secondary N) is 2. The minimum atomic E-state index is -1.39. The van der Waals surface area contributed by atoms with Gasteiger partial charge in [0, 0.05) is 6.54 Å². The molecule has 0 aliphatic carbocycles. The van der Waals surface area contributed by atoms with Gasteiger partial charge in [-0.2, -0.15) is 0 Å². The second-order valence-electron chi connectivity index (χ2n) is 5.46. The maximum atomic E-state index is 11.8. The SMILES string of the molecule is COc1ccc(CNC(=O)C(=O)NCC(C)(O)c2ccco2)cc1. The van der Waals surface area contributed by atoms with E-state index in [1.54, 1.807) is 43.5 Å². The molecule has 0 spiro atoms. The predicted molar refractivity (Wildman–Crippen MR) is 86.1 cm³/mol. The molecule has 1 heterocycles. The number of carbonyl (C=O) groups is 2. The van der Waals surface area contributed by atoms with E-state index in [2.05, 4.69) is 10.6 Å². The molecular formula is C17H20N2O5. The molecule has 0 saturated heterocycles. The molecule has 0 bridgehead atoms. The van der Waals surface area contributed by atoms with Crippen molar-refractivity contribution in [3.63, 3.8) is 0 Å². The smallest absolute Gasteiger partial charge is 0.309 e. The fourth-order valence-electron chi connectivity index (χ4n) is 2.01. The van der Waals surface area contributed by atoms with Gasteiger partial charge in [-0.05, 0) is 36.8 Å². The molecule has 0 aliphatic rings. The number of ether oxygens (including phenoxy) is 1. The number of benzene rings is 1. The number of rotatable bonds is 6. The lowest BCUT2D eigenvalue weighted by molar-refractivity contribution is -0.140. The normalized spacial score (nSPS) is 13.0. The van der Waals surface area contributed by atoms with Crippen LogP contribution in [0.3, 0.4) is 0 Å². The highest BCUT2D eigenvalue weighted by Crippen LogP contribution is 2.19. The van der Waals surface area contributed by atoms with Gasteiger partial charge in [0.15, 0.2) is 0 Å². The van der Waals surface area contributed by atoms with E-state index in [0.29, 0.717) is 11.5 Å². The lowest BCUT2D eigenvalue weighted by Gasteiger charge is -2.20. The van der Waals surface area contributed by atoms with Crippen molar-refractivity contribution in [1.82, 2.24) is 10.6 Å². The molecule has 2 rings (SSSR count). The predicted octanol–water partition coefficient (Wildman–Crippen LogP) is 0.928. The Morgan fingerprint density at radius 2 is 1.83 bits per heavy atom. The van der Waals surface area contributed by atoms with Gasteiger partial charge in [-0.3, -0.25) is 9.59 Å². The third-order valence-electron chi connectivity index (χ3n) is 3.46. The van der Waals surface area contributed by atoms with Gasteiger partial charge in [0.1, 0.15) is 17.1 Å². The summed E-state index contributed by atoms with van der Waals surface area (Å²) in [6.07, 6.45) is 1.42. The summed E-state index contributed by atoms with van der Waals surface area (Å²) in [4.78, 5) is 23.6. The lowest BCUT2D eigenvalue weighted by Crippen LogP contribution is -2.45. The fraction of sp³-hybridized carbons (Fsp3) is 0.294. The molecular weight excluding hydrogens is 312 g/mol. The van der Waals surface area contributed by atoms with Crippen LogP contribution in [0.25, 0.3) is 0 Å². The largest absolute Gasteiger partial charge is 0.497 e. The average molecular weight is 332 g/mol. The Morgan fingerprint density at radius 1 is 1.17 bits per heavy atom. The molecule has 24 heavy (non-hydrogen) atoms. The third-order valence-corrected chi connectivity index (χ3v) is 3.46. The summed E-state index contributed by atoms with van der Waals surface area (Å²) < 4.78 is 10.1. The van der Waals surface area contributed by atoms with Crippen molar-refractivity contribution in [2.24, 2.45) is 0 Å². The van der Waals surface area contributed by atoms with Crippen LogP contribution >= 0.6 is 0 Å². The van der Waals surface area contributed by atoms with Crippen LogP contribution in [0.5, 0.6) is 5.75 Å². The summed E-state index contributed by atoms with van der Waals surface area (Å²) in [5.74, 6) is -0.583. The van der Waals surface area contributed by atoms with Crippen LogP contribution in [0.1, 0.15) is 18.2 Å². The number of furan rings is 1. The maximum Gasteiger partial charge on any atom is 0.309 e. The Hall–Kier alpha value is -2.80. The highest BCUT2D eigenvalue weighted by molar-refractivity contribution is 6.35. The Kier molecular flexibility index (Phi) is 5.59. The number of methoxy groups -OCH3 is 1. The average Bonchev–Trinajstić information content (AvgIpc) is 3.13. The van der Waals surface area contributed by atoms with E-state index in [0.717, 1.165) is 5.56 Å². The number of carbonyl (C=O) groups excluding carboxylic acids is 2. The van der Waals surface area contributed by atoms with E-state index < -0.39 is 17.4 Å².